The molecule has 0 radical (unpaired) electrons. The lowest BCUT2D eigenvalue weighted by molar-refractivity contribution is -0.889. The number of halogens is 1. The summed E-state index contributed by atoms with van der Waals surface area (Å²) in [7, 11) is 1.63. The number of hydrogen-bond donors (Lipinski definition) is 0. The molecule has 0 bridgehead atoms. The molecule has 0 N–H and O–H groups in total. The molecule has 3 heteroatoms. The number of rotatable bonds is 1. The maximum atomic E-state index is 5.87. The van der Waals surface area contributed by atoms with Gasteiger partial charge in [0, 0.05) is 23.3 Å². The first-order valence-electron chi connectivity index (χ1n) is 3.38. The van der Waals surface area contributed by atoms with Gasteiger partial charge in [0.05, 0.1) is 5.02 Å². The predicted octanol–water partition coefficient (Wildman–Crippen LogP) is 1.30. The summed E-state index contributed by atoms with van der Waals surface area (Å²) in [6.07, 6.45) is 1.80. The van der Waals surface area contributed by atoms with Gasteiger partial charge in [0.2, 0.25) is 11.9 Å². The van der Waals surface area contributed by atoms with E-state index in [1.54, 1.807) is 18.0 Å². The zero-order valence-electron chi connectivity index (χ0n) is 6.89. The van der Waals surface area contributed by atoms with E-state index >= 15 is 0 Å². The maximum absolute atomic E-state index is 5.87. The minimum absolute atomic E-state index is 0.774. The average Bonchev–Trinajstić information content (AvgIpc) is 2.01. The Labute approximate surface area is 71.3 Å². The van der Waals surface area contributed by atoms with Gasteiger partial charge in [-0.3, -0.25) is 4.84 Å². The van der Waals surface area contributed by atoms with Crippen molar-refractivity contribution < 1.29 is 9.57 Å². The van der Waals surface area contributed by atoms with Crippen LogP contribution < -0.4 is 9.57 Å². The summed E-state index contributed by atoms with van der Waals surface area (Å²) in [6, 6.07) is 1.81. The molecule has 0 aromatic carbocycles. The van der Waals surface area contributed by atoms with E-state index in [-0.39, 0.29) is 0 Å². The van der Waals surface area contributed by atoms with Gasteiger partial charge in [0.25, 0.3) is 0 Å². The van der Waals surface area contributed by atoms with E-state index in [4.69, 9.17) is 16.4 Å². The smallest absolute Gasteiger partial charge is 0.235 e. The molecule has 0 aliphatic heterocycles. The molecule has 0 saturated heterocycles. The fraction of sp³-hybridized carbons (Fsp3) is 0.375. The second-order valence-electron chi connectivity index (χ2n) is 2.38. The molecular formula is C8H11ClNO+. The van der Waals surface area contributed by atoms with Gasteiger partial charge in [-0.05, 0) is 6.92 Å². The van der Waals surface area contributed by atoms with Crippen LogP contribution in [-0.2, 0) is 0 Å². The second-order valence-corrected chi connectivity index (χ2v) is 2.79. The van der Waals surface area contributed by atoms with Gasteiger partial charge in [-0.2, -0.15) is 0 Å². The van der Waals surface area contributed by atoms with Crippen molar-refractivity contribution in [2.75, 3.05) is 7.11 Å². The molecule has 0 aliphatic rings. The van der Waals surface area contributed by atoms with E-state index in [2.05, 4.69) is 0 Å². The van der Waals surface area contributed by atoms with Crippen molar-refractivity contribution in [2.24, 2.45) is 0 Å². The molecule has 2 nitrogen and oxygen atoms in total. The Bertz CT molecular complexity index is 273. The molecule has 0 unspecified atom stereocenters. The minimum atomic E-state index is 0.774. The second kappa shape index (κ2) is 3.09. The molecule has 1 aromatic rings. The summed E-state index contributed by atoms with van der Waals surface area (Å²) in [6.45, 7) is 3.93. The Morgan fingerprint density at radius 1 is 1.45 bits per heavy atom. The Balaban J connectivity index is 3.25. The van der Waals surface area contributed by atoms with Crippen LogP contribution in [0.5, 0.6) is 0 Å². The first-order valence-corrected chi connectivity index (χ1v) is 3.76. The number of hydrogen-bond acceptors (Lipinski definition) is 1. The van der Waals surface area contributed by atoms with Crippen molar-refractivity contribution in [3.63, 3.8) is 0 Å². The summed E-state index contributed by atoms with van der Waals surface area (Å²) in [5.74, 6) is 0. The van der Waals surface area contributed by atoms with Crippen molar-refractivity contribution in [3.05, 3.63) is 28.5 Å². The van der Waals surface area contributed by atoms with Crippen LogP contribution in [0.15, 0.2) is 12.3 Å². The van der Waals surface area contributed by atoms with E-state index in [0.29, 0.717) is 0 Å². The summed E-state index contributed by atoms with van der Waals surface area (Å²) >= 11 is 5.87. The summed E-state index contributed by atoms with van der Waals surface area (Å²) in [5, 5.41) is 0.774. The highest BCUT2D eigenvalue weighted by atomic mass is 35.5. The van der Waals surface area contributed by atoms with Crippen LogP contribution in [0.2, 0.25) is 5.02 Å². The average molecular weight is 173 g/mol. The molecule has 0 spiro atoms. The first kappa shape index (κ1) is 8.34. The highest BCUT2D eigenvalue weighted by Gasteiger charge is 2.11. The molecule has 0 aliphatic carbocycles. The molecule has 0 atom stereocenters. The summed E-state index contributed by atoms with van der Waals surface area (Å²) in [4.78, 5) is 5.04. The quantitative estimate of drug-likeness (QED) is 0.583. The van der Waals surface area contributed by atoms with Gasteiger partial charge < -0.3 is 0 Å². The van der Waals surface area contributed by atoms with E-state index in [0.717, 1.165) is 16.3 Å². The Morgan fingerprint density at radius 3 is 2.64 bits per heavy atom. The largest absolute Gasteiger partial charge is 0.274 e. The van der Waals surface area contributed by atoms with Crippen LogP contribution in [0, 0.1) is 13.8 Å². The molecule has 1 rings (SSSR count). The fourth-order valence-corrected chi connectivity index (χ4v) is 1.10. The van der Waals surface area contributed by atoms with Gasteiger partial charge in [0.1, 0.15) is 7.11 Å². The van der Waals surface area contributed by atoms with Crippen molar-refractivity contribution in [3.8, 4) is 0 Å². The lowest BCUT2D eigenvalue weighted by Gasteiger charge is -1.99. The third kappa shape index (κ3) is 1.46. The number of nitrogens with zero attached hydrogens (tertiary/aromatic N) is 1. The lowest BCUT2D eigenvalue weighted by Crippen LogP contribution is -2.43. The Morgan fingerprint density at radius 2 is 2.09 bits per heavy atom. The van der Waals surface area contributed by atoms with Gasteiger partial charge in [-0.1, -0.05) is 11.6 Å². The van der Waals surface area contributed by atoms with Crippen LogP contribution >= 0.6 is 11.6 Å². The molecule has 1 heterocycles. The van der Waals surface area contributed by atoms with Crippen molar-refractivity contribution >= 4 is 11.6 Å². The molecule has 1 aromatic heterocycles. The lowest BCUT2D eigenvalue weighted by atomic mass is 10.2. The molecular weight excluding hydrogens is 162 g/mol. The van der Waals surface area contributed by atoms with E-state index < -0.39 is 0 Å². The fourth-order valence-electron chi connectivity index (χ4n) is 0.906. The summed E-state index contributed by atoms with van der Waals surface area (Å²) < 4.78 is 1.68. The third-order valence-corrected chi connectivity index (χ3v) is 2.19. The van der Waals surface area contributed by atoms with Gasteiger partial charge in [-0.25, -0.2) is 0 Å². The Hall–Kier alpha value is -0.760. The van der Waals surface area contributed by atoms with E-state index in [1.807, 2.05) is 19.9 Å². The summed E-state index contributed by atoms with van der Waals surface area (Å²) in [5.41, 5.74) is 2.08. The zero-order valence-corrected chi connectivity index (χ0v) is 7.64. The monoisotopic (exact) mass is 172 g/mol. The molecule has 11 heavy (non-hydrogen) atoms. The predicted molar refractivity (Wildman–Crippen MR) is 43.6 cm³/mol. The van der Waals surface area contributed by atoms with Crippen LogP contribution in [0.1, 0.15) is 11.3 Å². The molecule has 0 fully saturated rings. The maximum Gasteiger partial charge on any atom is 0.235 e. The standard InChI is InChI=1S/C8H11ClNO/c1-6-7(2)10(11-3)5-4-8(6)9/h4-5H,1-3H3/q+1. The SMILES string of the molecule is CO[n+]1ccc(Cl)c(C)c1C. The van der Waals surface area contributed by atoms with Crippen molar-refractivity contribution in [1.82, 2.24) is 0 Å². The van der Waals surface area contributed by atoms with Gasteiger partial charge in [-0.15, -0.1) is 0 Å². The minimum Gasteiger partial charge on any atom is -0.274 e. The van der Waals surface area contributed by atoms with E-state index in [9.17, 15) is 0 Å². The normalized spacial score (nSPS) is 9.82. The van der Waals surface area contributed by atoms with Gasteiger partial charge in [0.15, 0.2) is 0 Å². The first-order chi connectivity index (χ1) is 5.16. The Kier molecular flexibility index (Phi) is 2.35. The number of pyridine rings is 1. The molecule has 0 amide bonds. The van der Waals surface area contributed by atoms with Crippen LogP contribution in [0.3, 0.4) is 0 Å². The zero-order chi connectivity index (χ0) is 8.43. The van der Waals surface area contributed by atoms with Crippen LogP contribution in [-0.4, -0.2) is 7.11 Å². The van der Waals surface area contributed by atoms with Crippen molar-refractivity contribution in [1.29, 1.82) is 0 Å². The van der Waals surface area contributed by atoms with Crippen LogP contribution in [0.25, 0.3) is 0 Å². The topological polar surface area (TPSA) is 13.1 Å². The van der Waals surface area contributed by atoms with Crippen molar-refractivity contribution in [2.45, 2.75) is 13.8 Å². The molecule has 60 valence electrons. The molecule has 0 saturated carbocycles. The highest BCUT2D eigenvalue weighted by Crippen LogP contribution is 2.13. The number of aromatic nitrogens is 1. The van der Waals surface area contributed by atoms with E-state index in [1.165, 1.54) is 0 Å². The third-order valence-electron chi connectivity index (χ3n) is 1.78. The highest BCUT2D eigenvalue weighted by molar-refractivity contribution is 6.31. The van der Waals surface area contributed by atoms with Gasteiger partial charge >= 0.3 is 0 Å². The van der Waals surface area contributed by atoms with Crippen LogP contribution in [0.4, 0.5) is 0 Å².